The van der Waals surface area contributed by atoms with E-state index in [1.807, 2.05) is 0 Å². The van der Waals surface area contributed by atoms with Gasteiger partial charge in [0.25, 0.3) is 0 Å². The van der Waals surface area contributed by atoms with E-state index in [4.69, 9.17) is 16.3 Å². The molecule has 0 spiro atoms. The summed E-state index contributed by atoms with van der Waals surface area (Å²) < 4.78 is 4.94. The highest BCUT2D eigenvalue weighted by Gasteiger charge is 2.18. The third-order valence-electron chi connectivity index (χ3n) is 2.32. The van der Waals surface area contributed by atoms with Crippen LogP contribution in [0, 0.1) is 0 Å². The highest BCUT2D eigenvalue weighted by atomic mass is 35.5. The quantitative estimate of drug-likeness (QED) is 0.819. The van der Waals surface area contributed by atoms with E-state index in [-0.39, 0.29) is 11.3 Å². The molecule has 6 heteroatoms. The molecule has 1 aliphatic rings. The number of ether oxygens (including phenoxy) is 1. The summed E-state index contributed by atoms with van der Waals surface area (Å²) in [6.45, 7) is 0. The number of thioether (sulfide) groups is 1. The fraction of sp³-hybridized carbons (Fsp3) is 0.667. The van der Waals surface area contributed by atoms with Gasteiger partial charge in [0.2, 0.25) is 5.28 Å². The van der Waals surface area contributed by atoms with Crippen LogP contribution in [0.1, 0.15) is 25.7 Å². The summed E-state index contributed by atoms with van der Waals surface area (Å²) in [5, 5.41) is 1.48. The van der Waals surface area contributed by atoms with Gasteiger partial charge in [-0.15, -0.1) is 0 Å². The van der Waals surface area contributed by atoms with Crippen molar-refractivity contribution in [1.82, 2.24) is 15.0 Å². The van der Waals surface area contributed by atoms with E-state index >= 15 is 0 Å². The van der Waals surface area contributed by atoms with Crippen molar-refractivity contribution in [3.05, 3.63) is 5.28 Å². The van der Waals surface area contributed by atoms with Crippen molar-refractivity contribution in [1.29, 1.82) is 0 Å². The van der Waals surface area contributed by atoms with E-state index < -0.39 is 0 Å². The fourth-order valence-electron chi connectivity index (χ4n) is 1.61. The van der Waals surface area contributed by atoms with Crippen LogP contribution in [0.25, 0.3) is 0 Å². The van der Waals surface area contributed by atoms with E-state index in [0.29, 0.717) is 10.4 Å². The van der Waals surface area contributed by atoms with Gasteiger partial charge in [0.1, 0.15) is 0 Å². The van der Waals surface area contributed by atoms with E-state index in [1.54, 1.807) is 11.8 Å². The number of halogens is 1. The highest BCUT2D eigenvalue weighted by molar-refractivity contribution is 7.99. The maximum atomic E-state index is 5.76. The molecule has 0 radical (unpaired) electrons. The minimum absolute atomic E-state index is 0.197. The molecular weight excluding hydrogens is 234 g/mol. The Bertz CT molecular complexity index is 344. The van der Waals surface area contributed by atoms with Gasteiger partial charge in [-0.3, -0.25) is 0 Å². The zero-order valence-corrected chi connectivity index (χ0v) is 10.0. The second-order valence-electron chi connectivity index (χ2n) is 3.40. The van der Waals surface area contributed by atoms with Crippen molar-refractivity contribution in [2.75, 3.05) is 7.11 Å². The van der Waals surface area contributed by atoms with Gasteiger partial charge in [0.15, 0.2) is 5.16 Å². The molecule has 0 N–H and O–H groups in total. The van der Waals surface area contributed by atoms with Gasteiger partial charge in [-0.2, -0.15) is 15.0 Å². The lowest BCUT2D eigenvalue weighted by atomic mass is 10.4. The molecule has 0 aliphatic heterocycles. The van der Waals surface area contributed by atoms with Crippen LogP contribution in [-0.2, 0) is 0 Å². The minimum atomic E-state index is 0.197. The van der Waals surface area contributed by atoms with E-state index in [2.05, 4.69) is 15.0 Å². The number of rotatable bonds is 3. The number of hydrogen-bond donors (Lipinski definition) is 0. The normalized spacial score (nSPS) is 16.9. The Morgan fingerprint density at radius 1 is 1.27 bits per heavy atom. The molecule has 0 bridgehead atoms. The van der Waals surface area contributed by atoms with Crippen molar-refractivity contribution >= 4 is 23.4 Å². The van der Waals surface area contributed by atoms with E-state index in [9.17, 15) is 0 Å². The molecular formula is C9H12ClN3OS. The Balaban J connectivity index is 2.09. The average Bonchev–Trinajstić information content (AvgIpc) is 2.69. The SMILES string of the molecule is COc1nc(Cl)nc(SC2CCCC2)n1. The summed E-state index contributed by atoms with van der Waals surface area (Å²) in [6, 6.07) is 0.287. The maximum Gasteiger partial charge on any atom is 0.321 e. The molecule has 2 rings (SSSR count). The van der Waals surface area contributed by atoms with Gasteiger partial charge >= 0.3 is 6.01 Å². The molecule has 15 heavy (non-hydrogen) atoms. The standard InChI is InChI=1S/C9H12ClN3OS/c1-14-8-11-7(10)12-9(13-8)15-6-4-2-3-5-6/h6H,2-5H2,1H3. The van der Waals surface area contributed by atoms with Crippen LogP contribution >= 0.6 is 23.4 Å². The molecule has 0 amide bonds. The number of aromatic nitrogens is 3. The van der Waals surface area contributed by atoms with Crippen molar-refractivity contribution in [3.63, 3.8) is 0 Å². The van der Waals surface area contributed by atoms with Gasteiger partial charge in [-0.1, -0.05) is 24.6 Å². The Morgan fingerprint density at radius 2 is 2.00 bits per heavy atom. The first-order valence-electron chi connectivity index (χ1n) is 4.90. The lowest BCUT2D eigenvalue weighted by molar-refractivity contribution is 0.373. The zero-order chi connectivity index (χ0) is 10.7. The monoisotopic (exact) mass is 245 g/mol. The molecule has 0 atom stereocenters. The van der Waals surface area contributed by atoms with Gasteiger partial charge in [-0.05, 0) is 24.4 Å². The predicted molar refractivity (Wildman–Crippen MR) is 59.5 cm³/mol. The summed E-state index contributed by atoms with van der Waals surface area (Å²) in [7, 11) is 1.52. The first-order chi connectivity index (χ1) is 7.28. The largest absolute Gasteiger partial charge is 0.467 e. The van der Waals surface area contributed by atoms with Crippen molar-refractivity contribution in [2.24, 2.45) is 0 Å². The Labute approximate surface area is 97.8 Å². The summed E-state index contributed by atoms with van der Waals surface area (Å²) in [5.41, 5.74) is 0. The van der Waals surface area contributed by atoms with Gasteiger partial charge in [-0.25, -0.2) is 0 Å². The van der Waals surface area contributed by atoms with Crippen molar-refractivity contribution < 1.29 is 4.74 Å². The average molecular weight is 246 g/mol. The molecule has 0 aromatic carbocycles. The van der Waals surface area contributed by atoms with Crippen LogP contribution in [0.3, 0.4) is 0 Å². The zero-order valence-electron chi connectivity index (χ0n) is 8.44. The predicted octanol–water partition coefficient (Wildman–Crippen LogP) is 2.57. The second kappa shape index (κ2) is 4.99. The maximum absolute atomic E-state index is 5.76. The molecule has 1 fully saturated rings. The Kier molecular flexibility index (Phi) is 3.64. The van der Waals surface area contributed by atoms with Crippen LogP contribution in [0.4, 0.5) is 0 Å². The summed E-state index contributed by atoms with van der Waals surface area (Å²) in [5.74, 6) is 0. The van der Waals surface area contributed by atoms with E-state index in [0.717, 1.165) is 0 Å². The molecule has 1 aromatic rings. The Morgan fingerprint density at radius 3 is 2.67 bits per heavy atom. The molecule has 1 aliphatic carbocycles. The smallest absolute Gasteiger partial charge is 0.321 e. The molecule has 0 unspecified atom stereocenters. The molecule has 0 saturated heterocycles. The van der Waals surface area contributed by atoms with Crippen molar-refractivity contribution in [3.8, 4) is 6.01 Å². The molecule has 1 aromatic heterocycles. The van der Waals surface area contributed by atoms with Gasteiger partial charge in [0.05, 0.1) is 7.11 Å². The fourth-order valence-corrected chi connectivity index (χ4v) is 2.95. The summed E-state index contributed by atoms with van der Waals surface area (Å²) >= 11 is 7.43. The molecule has 4 nitrogen and oxygen atoms in total. The third-order valence-corrected chi connectivity index (χ3v) is 3.69. The lowest BCUT2D eigenvalue weighted by Gasteiger charge is -2.07. The molecule has 82 valence electrons. The van der Waals surface area contributed by atoms with Gasteiger partial charge in [0, 0.05) is 5.25 Å². The van der Waals surface area contributed by atoms with Crippen LogP contribution in [0.15, 0.2) is 5.16 Å². The topological polar surface area (TPSA) is 47.9 Å². The first kappa shape index (κ1) is 11.0. The van der Waals surface area contributed by atoms with Crippen molar-refractivity contribution in [2.45, 2.75) is 36.1 Å². The number of hydrogen-bond acceptors (Lipinski definition) is 5. The number of nitrogens with zero attached hydrogens (tertiary/aromatic N) is 3. The van der Waals surface area contributed by atoms with E-state index in [1.165, 1.54) is 32.8 Å². The van der Waals surface area contributed by atoms with Crippen LogP contribution in [0.5, 0.6) is 6.01 Å². The lowest BCUT2D eigenvalue weighted by Crippen LogP contribution is -2.00. The van der Waals surface area contributed by atoms with Crippen LogP contribution in [0.2, 0.25) is 5.28 Å². The summed E-state index contributed by atoms with van der Waals surface area (Å²) in [6.07, 6.45) is 5.06. The van der Waals surface area contributed by atoms with Gasteiger partial charge < -0.3 is 4.74 Å². The first-order valence-corrected chi connectivity index (χ1v) is 6.16. The molecule has 1 saturated carbocycles. The highest BCUT2D eigenvalue weighted by Crippen LogP contribution is 2.33. The van der Waals surface area contributed by atoms with Crippen LogP contribution < -0.4 is 4.74 Å². The minimum Gasteiger partial charge on any atom is -0.467 e. The molecule has 1 heterocycles. The third kappa shape index (κ3) is 2.95. The summed E-state index contributed by atoms with van der Waals surface area (Å²) in [4.78, 5) is 12.1. The number of methoxy groups -OCH3 is 1. The Hall–Kier alpha value is -0.550. The van der Waals surface area contributed by atoms with Crippen LogP contribution in [-0.4, -0.2) is 27.3 Å². The second-order valence-corrected chi connectivity index (χ2v) is 5.00.